The lowest BCUT2D eigenvalue weighted by Crippen LogP contribution is -2.00. The number of ether oxygens (including phenoxy) is 1. The summed E-state index contributed by atoms with van der Waals surface area (Å²) in [5.74, 6) is -0.336. The zero-order valence-electron chi connectivity index (χ0n) is 8.45. The Kier molecular flexibility index (Phi) is 2.40. The number of aryl methyl sites for hydroxylation is 1. The van der Waals surface area contributed by atoms with E-state index in [1.54, 1.807) is 12.1 Å². The molecule has 0 radical (unpaired) electrons. The zero-order chi connectivity index (χ0) is 11.0. The predicted molar refractivity (Wildman–Crippen MR) is 59.3 cm³/mol. The van der Waals surface area contributed by atoms with Crippen molar-refractivity contribution < 1.29 is 9.53 Å². The molecular weight excluding hydrogens is 214 g/mol. The third-order valence-electron chi connectivity index (χ3n) is 2.41. The van der Waals surface area contributed by atoms with Crippen molar-refractivity contribution in [3.8, 4) is 0 Å². The lowest BCUT2D eigenvalue weighted by atomic mass is 10.1. The van der Waals surface area contributed by atoms with E-state index >= 15 is 0 Å². The Morgan fingerprint density at radius 3 is 2.80 bits per heavy atom. The third kappa shape index (κ3) is 1.59. The van der Waals surface area contributed by atoms with Crippen molar-refractivity contribution in [2.24, 2.45) is 7.05 Å². The van der Waals surface area contributed by atoms with Gasteiger partial charge in [0.15, 0.2) is 0 Å². The Morgan fingerprint density at radius 2 is 2.13 bits per heavy atom. The number of hydrogen-bond acceptors (Lipinski definition) is 2. The minimum Gasteiger partial charge on any atom is -0.465 e. The van der Waals surface area contributed by atoms with Gasteiger partial charge in [0.1, 0.15) is 5.15 Å². The summed E-state index contributed by atoms with van der Waals surface area (Å²) in [7, 11) is 3.24. The summed E-state index contributed by atoms with van der Waals surface area (Å²) in [6.07, 6.45) is 0. The first-order chi connectivity index (χ1) is 7.13. The van der Waals surface area contributed by atoms with Crippen LogP contribution in [-0.4, -0.2) is 17.6 Å². The summed E-state index contributed by atoms with van der Waals surface area (Å²) in [6.45, 7) is 0. The minimum absolute atomic E-state index is 0.336. The van der Waals surface area contributed by atoms with Crippen LogP contribution in [0.1, 0.15) is 10.4 Å². The summed E-state index contributed by atoms with van der Waals surface area (Å²) >= 11 is 5.96. The normalized spacial score (nSPS) is 10.6. The van der Waals surface area contributed by atoms with Crippen molar-refractivity contribution in [1.29, 1.82) is 0 Å². The summed E-state index contributed by atoms with van der Waals surface area (Å²) in [5, 5.41) is 1.58. The number of halogens is 1. The highest BCUT2D eigenvalue weighted by atomic mass is 35.5. The molecule has 0 spiro atoms. The fraction of sp³-hybridized carbons (Fsp3) is 0.182. The van der Waals surface area contributed by atoms with Crippen LogP contribution in [0.15, 0.2) is 24.3 Å². The first-order valence-corrected chi connectivity index (χ1v) is 4.84. The quantitative estimate of drug-likeness (QED) is 0.696. The Hall–Kier alpha value is -1.48. The molecular formula is C11H10ClNO2. The first kappa shape index (κ1) is 10.1. The maximum atomic E-state index is 11.3. The SMILES string of the molecule is COC(=O)c1ccc2c(c1)cc(Cl)n2C. The number of aromatic nitrogens is 1. The average molecular weight is 224 g/mol. The number of benzene rings is 1. The van der Waals surface area contributed by atoms with E-state index in [1.165, 1.54) is 7.11 Å². The van der Waals surface area contributed by atoms with E-state index in [9.17, 15) is 4.79 Å². The van der Waals surface area contributed by atoms with Gasteiger partial charge in [0, 0.05) is 18.0 Å². The van der Waals surface area contributed by atoms with Crippen molar-refractivity contribution in [3.63, 3.8) is 0 Å². The van der Waals surface area contributed by atoms with Gasteiger partial charge in [-0.1, -0.05) is 11.6 Å². The van der Waals surface area contributed by atoms with Gasteiger partial charge in [0.05, 0.1) is 12.7 Å². The van der Waals surface area contributed by atoms with Crippen LogP contribution in [0.4, 0.5) is 0 Å². The highest BCUT2D eigenvalue weighted by Gasteiger charge is 2.08. The molecule has 2 aromatic rings. The van der Waals surface area contributed by atoms with Crippen molar-refractivity contribution in [2.75, 3.05) is 7.11 Å². The van der Waals surface area contributed by atoms with Gasteiger partial charge in [-0.2, -0.15) is 0 Å². The van der Waals surface area contributed by atoms with E-state index in [4.69, 9.17) is 11.6 Å². The summed E-state index contributed by atoms with van der Waals surface area (Å²) in [4.78, 5) is 11.3. The summed E-state index contributed by atoms with van der Waals surface area (Å²) in [6, 6.07) is 7.17. The summed E-state index contributed by atoms with van der Waals surface area (Å²) in [5.41, 5.74) is 1.53. The molecule has 4 heteroatoms. The Balaban J connectivity index is 2.62. The fourth-order valence-corrected chi connectivity index (χ4v) is 1.77. The number of carbonyl (C=O) groups is 1. The largest absolute Gasteiger partial charge is 0.465 e. The van der Waals surface area contributed by atoms with Crippen molar-refractivity contribution in [1.82, 2.24) is 4.57 Å². The number of nitrogens with zero attached hydrogens (tertiary/aromatic N) is 1. The van der Waals surface area contributed by atoms with Gasteiger partial charge in [-0.3, -0.25) is 0 Å². The van der Waals surface area contributed by atoms with Crippen molar-refractivity contribution in [2.45, 2.75) is 0 Å². The van der Waals surface area contributed by atoms with E-state index in [0.717, 1.165) is 10.9 Å². The maximum Gasteiger partial charge on any atom is 0.337 e. The molecule has 0 bridgehead atoms. The average Bonchev–Trinajstić information content (AvgIpc) is 2.53. The maximum absolute atomic E-state index is 11.3. The Morgan fingerprint density at radius 1 is 1.40 bits per heavy atom. The molecule has 2 rings (SSSR count). The zero-order valence-corrected chi connectivity index (χ0v) is 9.21. The van der Waals surface area contributed by atoms with Crippen LogP contribution >= 0.6 is 11.6 Å². The van der Waals surface area contributed by atoms with Gasteiger partial charge in [-0.15, -0.1) is 0 Å². The lowest BCUT2D eigenvalue weighted by Gasteiger charge is -2.00. The molecule has 15 heavy (non-hydrogen) atoms. The minimum atomic E-state index is -0.336. The molecule has 1 aromatic heterocycles. The molecule has 0 unspecified atom stereocenters. The second kappa shape index (κ2) is 3.59. The van der Waals surface area contributed by atoms with E-state index in [1.807, 2.05) is 23.7 Å². The number of hydrogen-bond donors (Lipinski definition) is 0. The van der Waals surface area contributed by atoms with E-state index in [2.05, 4.69) is 4.74 Å². The number of methoxy groups -OCH3 is 1. The van der Waals surface area contributed by atoms with Crippen molar-refractivity contribution >= 4 is 28.5 Å². The van der Waals surface area contributed by atoms with Crippen LogP contribution in [0, 0.1) is 0 Å². The van der Waals surface area contributed by atoms with Crippen molar-refractivity contribution in [3.05, 3.63) is 35.0 Å². The molecule has 0 amide bonds. The standard InChI is InChI=1S/C11H10ClNO2/c1-13-9-4-3-7(11(14)15-2)5-8(9)6-10(13)12/h3-6H,1-2H3. The molecule has 0 atom stereocenters. The van der Waals surface area contributed by atoms with E-state index < -0.39 is 0 Å². The Labute approximate surface area is 92.2 Å². The molecule has 78 valence electrons. The molecule has 1 aromatic carbocycles. The highest BCUT2D eigenvalue weighted by Crippen LogP contribution is 2.23. The summed E-state index contributed by atoms with van der Waals surface area (Å²) < 4.78 is 6.50. The monoisotopic (exact) mass is 223 g/mol. The van der Waals surface area contributed by atoms with Gasteiger partial charge in [0.25, 0.3) is 0 Å². The molecule has 1 heterocycles. The predicted octanol–water partition coefficient (Wildman–Crippen LogP) is 2.62. The molecule has 0 aliphatic carbocycles. The third-order valence-corrected chi connectivity index (χ3v) is 2.77. The number of rotatable bonds is 1. The number of esters is 1. The van der Waals surface area contributed by atoms with Crippen LogP contribution in [0.2, 0.25) is 5.15 Å². The number of carbonyl (C=O) groups excluding carboxylic acids is 1. The van der Waals surface area contributed by atoms with Crippen LogP contribution < -0.4 is 0 Å². The van der Waals surface area contributed by atoms with Gasteiger partial charge in [-0.25, -0.2) is 4.79 Å². The highest BCUT2D eigenvalue weighted by molar-refractivity contribution is 6.31. The van der Waals surface area contributed by atoms with Crippen LogP contribution in [0.5, 0.6) is 0 Å². The molecule has 0 N–H and O–H groups in total. The second-order valence-electron chi connectivity index (χ2n) is 3.29. The van der Waals surface area contributed by atoms with Crippen LogP contribution in [0.25, 0.3) is 10.9 Å². The first-order valence-electron chi connectivity index (χ1n) is 4.47. The second-order valence-corrected chi connectivity index (χ2v) is 3.68. The topological polar surface area (TPSA) is 31.2 Å². The number of fused-ring (bicyclic) bond motifs is 1. The molecule has 0 saturated carbocycles. The molecule has 0 fully saturated rings. The van der Waals surface area contributed by atoms with Gasteiger partial charge < -0.3 is 9.30 Å². The Bertz CT molecular complexity index is 531. The lowest BCUT2D eigenvalue weighted by molar-refractivity contribution is 0.0601. The molecule has 0 aliphatic rings. The fourth-order valence-electron chi connectivity index (χ4n) is 1.56. The van der Waals surface area contributed by atoms with Gasteiger partial charge in [0.2, 0.25) is 0 Å². The van der Waals surface area contributed by atoms with E-state index in [-0.39, 0.29) is 5.97 Å². The smallest absolute Gasteiger partial charge is 0.337 e. The molecule has 3 nitrogen and oxygen atoms in total. The van der Waals surface area contributed by atoms with E-state index in [0.29, 0.717) is 10.7 Å². The molecule has 0 aliphatic heterocycles. The van der Waals surface area contributed by atoms with Gasteiger partial charge in [-0.05, 0) is 24.3 Å². The van der Waals surface area contributed by atoms with Crippen LogP contribution in [-0.2, 0) is 11.8 Å². The molecule has 0 saturated heterocycles. The van der Waals surface area contributed by atoms with Crippen LogP contribution in [0.3, 0.4) is 0 Å². The van der Waals surface area contributed by atoms with Gasteiger partial charge >= 0.3 is 5.97 Å².